The molecule has 0 aliphatic heterocycles. The first-order chi connectivity index (χ1) is 14.3. The molecule has 148 valence electrons. The minimum atomic E-state index is 0.0321. The van der Waals surface area contributed by atoms with Crippen LogP contribution in [0.3, 0.4) is 0 Å². The number of amides is 1. The third-order valence-electron chi connectivity index (χ3n) is 5.02. The van der Waals surface area contributed by atoms with Gasteiger partial charge < -0.3 is 9.88 Å². The second-order valence-corrected chi connectivity index (χ2v) is 8.08. The van der Waals surface area contributed by atoms with Gasteiger partial charge in [0.1, 0.15) is 5.82 Å². The number of nitrogens with zero attached hydrogens (tertiary/aromatic N) is 2. The number of hydrogen-bond acceptors (Lipinski definition) is 3. The van der Waals surface area contributed by atoms with E-state index >= 15 is 0 Å². The molecule has 0 spiro atoms. The number of nitrogens with one attached hydrogen (secondary N) is 1. The summed E-state index contributed by atoms with van der Waals surface area (Å²) in [7, 11) is 0. The lowest BCUT2D eigenvalue weighted by Gasteiger charge is -2.10. The molecule has 4 rings (SSSR count). The zero-order valence-corrected chi connectivity index (χ0v) is 17.2. The van der Waals surface area contributed by atoms with Crippen LogP contribution >= 0.6 is 11.3 Å². The van der Waals surface area contributed by atoms with Crippen molar-refractivity contribution in [1.82, 2.24) is 14.9 Å². The molecule has 2 aromatic carbocycles. The molecule has 4 nitrogen and oxygen atoms in total. The number of hydrogen-bond donors (Lipinski definition) is 1. The van der Waals surface area contributed by atoms with Crippen molar-refractivity contribution in [3.05, 3.63) is 88.4 Å². The maximum atomic E-state index is 12.0. The van der Waals surface area contributed by atoms with Crippen LogP contribution in [0, 0.1) is 0 Å². The quantitative estimate of drug-likeness (QED) is 0.386. The number of thiophene rings is 1. The fourth-order valence-electron chi connectivity index (χ4n) is 3.54. The Morgan fingerprint density at radius 3 is 2.59 bits per heavy atom. The van der Waals surface area contributed by atoms with Crippen LogP contribution in [0.5, 0.6) is 0 Å². The van der Waals surface area contributed by atoms with Crippen molar-refractivity contribution in [2.45, 2.75) is 32.2 Å². The first-order valence-corrected chi connectivity index (χ1v) is 11.0. The van der Waals surface area contributed by atoms with E-state index in [-0.39, 0.29) is 5.91 Å². The number of rotatable bonds is 9. The van der Waals surface area contributed by atoms with E-state index in [1.807, 2.05) is 29.6 Å². The van der Waals surface area contributed by atoms with E-state index in [2.05, 4.69) is 52.3 Å². The lowest BCUT2D eigenvalue weighted by atomic mass is 10.1. The van der Waals surface area contributed by atoms with E-state index < -0.39 is 0 Å². The topological polar surface area (TPSA) is 46.9 Å². The fourth-order valence-corrected chi connectivity index (χ4v) is 4.18. The van der Waals surface area contributed by atoms with Crippen LogP contribution in [0.4, 0.5) is 0 Å². The summed E-state index contributed by atoms with van der Waals surface area (Å²) in [5.74, 6) is 1.17. The SMILES string of the molecule is O=C(NCCCCCc1nc2ccccc2n1Cc1ccccc1)c1cccs1. The van der Waals surface area contributed by atoms with E-state index in [1.165, 1.54) is 22.4 Å². The highest BCUT2D eigenvalue weighted by Gasteiger charge is 2.11. The standard InChI is InChI=1S/C24H25N3OS/c28-24(22-14-9-17-29-22)25-16-8-2-5-15-23-26-20-12-6-7-13-21(20)27(23)18-19-10-3-1-4-11-19/h1,3-4,6-7,9-14,17H,2,5,8,15-16,18H2,(H,25,28). The van der Waals surface area contributed by atoms with Crippen LogP contribution in [0.1, 0.15) is 40.3 Å². The van der Waals surface area contributed by atoms with E-state index in [0.29, 0.717) is 0 Å². The molecule has 29 heavy (non-hydrogen) atoms. The van der Waals surface area contributed by atoms with Crippen LogP contribution in [0.2, 0.25) is 0 Å². The number of aryl methyl sites for hydroxylation is 1. The maximum Gasteiger partial charge on any atom is 0.261 e. The molecule has 1 amide bonds. The summed E-state index contributed by atoms with van der Waals surface area (Å²) < 4.78 is 2.34. The highest BCUT2D eigenvalue weighted by molar-refractivity contribution is 7.12. The van der Waals surface area contributed by atoms with Gasteiger partial charge in [-0.2, -0.15) is 0 Å². The number of unbranched alkanes of at least 4 members (excludes halogenated alkanes) is 2. The third-order valence-corrected chi connectivity index (χ3v) is 5.89. The molecule has 0 fully saturated rings. The number of imidazole rings is 1. The second kappa shape index (κ2) is 9.52. The lowest BCUT2D eigenvalue weighted by molar-refractivity contribution is 0.0957. The molecule has 0 aliphatic carbocycles. The Morgan fingerprint density at radius 2 is 1.76 bits per heavy atom. The van der Waals surface area contributed by atoms with Crippen molar-refractivity contribution >= 4 is 28.3 Å². The lowest BCUT2D eigenvalue weighted by Crippen LogP contribution is -2.23. The summed E-state index contributed by atoms with van der Waals surface area (Å²) in [5, 5.41) is 4.93. The Balaban J connectivity index is 1.33. The summed E-state index contributed by atoms with van der Waals surface area (Å²) in [5.41, 5.74) is 3.53. The number of para-hydroxylation sites is 2. The molecule has 0 radical (unpaired) electrons. The zero-order valence-electron chi connectivity index (χ0n) is 16.4. The minimum Gasteiger partial charge on any atom is -0.351 e. The average Bonchev–Trinajstić information content (AvgIpc) is 3.40. The molecule has 0 unspecified atom stereocenters. The molecule has 2 aromatic heterocycles. The van der Waals surface area contributed by atoms with E-state index in [4.69, 9.17) is 4.98 Å². The predicted molar refractivity (Wildman–Crippen MR) is 119 cm³/mol. The Labute approximate surface area is 175 Å². The second-order valence-electron chi connectivity index (χ2n) is 7.13. The normalized spacial score (nSPS) is 11.0. The van der Waals surface area contributed by atoms with Crippen molar-refractivity contribution in [1.29, 1.82) is 0 Å². The van der Waals surface area contributed by atoms with Crippen LogP contribution in [0.15, 0.2) is 72.1 Å². The predicted octanol–water partition coefficient (Wildman–Crippen LogP) is 5.29. The summed E-state index contributed by atoms with van der Waals surface area (Å²) >= 11 is 1.48. The molecule has 0 aliphatic rings. The number of carbonyl (C=O) groups is 1. The van der Waals surface area contributed by atoms with Crippen LogP contribution in [-0.4, -0.2) is 22.0 Å². The first-order valence-electron chi connectivity index (χ1n) is 10.1. The summed E-state index contributed by atoms with van der Waals surface area (Å²) in [6.45, 7) is 1.56. The van der Waals surface area contributed by atoms with Crippen molar-refractivity contribution in [3.63, 3.8) is 0 Å². The molecule has 4 aromatic rings. The smallest absolute Gasteiger partial charge is 0.261 e. The molecule has 0 saturated heterocycles. The first kappa shape index (κ1) is 19.4. The average molecular weight is 404 g/mol. The van der Waals surface area contributed by atoms with E-state index in [1.54, 1.807) is 0 Å². The third kappa shape index (κ3) is 4.93. The highest BCUT2D eigenvalue weighted by atomic mass is 32.1. The van der Waals surface area contributed by atoms with Gasteiger partial charge in [-0.1, -0.05) is 55.0 Å². The fraction of sp³-hybridized carbons (Fsp3) is 0.250. The molecule has 5 heteroatoms. The zero-order chi connectivity index (χ0) is 19.9. The van der Waals surface area contributed by atoms with E-state index in [0.717, 1.165) is 55.0 Å². The van der Waals surface area contributed by atoms with Crippen molar-refractivity contribution in [2.75, 3.05) is 6.54 Å². The molecule has 0 bridgehead atoms. The highest BCUT2D eigenvalue weighted by Crippen LogP contribution is 2.19. The van der Waals surface area contributed by atoms with Gasteiger partial charge >= 0.3 is 0 Å². The van der Waals surface area contributed by atoms with Gasteiger partial charge in [0.25, 0.3) is 5.91 Å². The summed E-state index contributed by atoms with van der Waals surface area (Å²) in [6, 6.07) is 22.6. The van der Waals surface area contributed by atoms with Crippen LogP contribution in [-0.2, 0) is 13.0 Å². The Hall–Kier alpha value is -2.92. The largest absolute Gasteiger partial charge is 0.351 e. The van der Waals surface area contributed by atoms with Gasteiger partial charge in [-0.25, -0.2) is 4.98 Å². The molecule has 1 N–H and O–H groups in total. The van der Waals surface area contributed by atoms with Crippen LogP contribution in [0.25, 0.3) is 11.0 Å². The number of carbonyl (C=O) groups excluding carboxylic acids is 1. The van der Waals surface area contributed by atoms with Crippen molar-refractivity contribution in [3.8, 4) is 0 Å². The van der Waals surface area contributed by atoms with Gasteiger partial charge in [0.15, 0.2) is 0 Å². The van der Waals surface area contributed by atoms with Gasteiger partial charge in [0.05, 0.1) is 15.9 Å². The summed E-state index contributed by atoms with van der Waals surface area (Å²) in [4.78, 5) is 17.6. The molecular formula is C24H25N3OS. The van der Waals surface area contributed by atoms with E-state index in [9.17, 15) is 4.79 Å². The van der Waals surface area contributed by atoms with Gasteiger partial charge in [-0.3, -0.25) is 4.79 Å². The molecule has 0 saturated carbocycles. The molecule has 2 heterocycles. The maximum absolute atomic E-state index is 12.0. The number of aromatic nitrogens is 2. The molecular weight excluding hydrogens is 378 g/mol. The Kier molecular flexibility index (Phi) is 6.37. The van der Waals surface area contributed by atoms with Crippen molar-refractivity contribution < 1.29 is 4.79 Å². The van der Waals surface area contributed by atoms with Crippen LogP contribution < -0.4 is 5.32 Å². The van der Waals surface area contributed by atoms with Gasteiger partial charge in [-0.05, 0) is 42.0 Å². The summed E-state index contributed by atoms with van der Waals surface area (Å²) in [6.07, 6.45) is 4.06. The van der Waals surface area contributed by atoms with Gasteiger partial charge in [0, 0.05) is 19.5 Å². The Bertz CT molecular complexity index is 1050. The number of fused-ring (bicyclic) bond motifs is 1. The number of benzene rings is 2. The monoisotopic (exact) mass is 403 g/mol. The minimum absolute atomic E-state index is 0.0321. The molecule has 0 atom stereocenters. The van der Waals surface area contributed by atoms with Crippen molar-refractivity contribution in [2.24, 2.45) is 0 Å². The van der Waals surface area contributed by atoms with Gasteiger partial charge in [0.2, 0.25) is 0 Å². The Morgan fingerprint density at radius 1 is 0.931 bits per heavy atom. The van der Waals surface area contributed by atoms with Gasteiger partial charge in [-0.15, -0.1) is 11.3 Å².